The van der Waals surface area contributed by atoms with E-state index >= 15 is 0 Å². The van der Waals surface area contributed by atoms with Crippen molar-refractivity contribution in [3.63, 3.8) is 0 Å². The molecule has 1 saturated carbocycles. The second-order valence-corrected chi connectivity index (χ2v) is 11.0. The fraction of sp³-hybridized carbons (Fsp3) is 0.792. The molecule has 2 rings (SSSR count). The third kappa shape index (κ3) is 8.18. The summed E-state index contributed by atoms with van der Waals surface area (Å²) in [6, 6.07) is 0.0428. The average molecular weight is 437 g/mol. The second-order valence-electron chi connectivity index (χ2n) is 9.63. The minimum atomic E-state index is 0.0428. The number of allylic oxidation sites excluding steroid dienone is 1. The molecule has 172 valence electrons. The molecule has 2 aliphatic rings. The number of carbonyl (C=O) groups excluding carboxylic acids is 1. The maximum Gasteiger partial charge on any atom is 0.317 e. The highest BCUT2D eigenvalue weighted by molar-refractivity contribution is 8.03. The summed E-state index contributed by atoms with van der Waals surface area (Å²) >= 11 is 1.74. The van der Waals surface area contributed by atoms with Crippen molar-refractivity contribution < 1.29 is 4.79 Å². The van der Waals surface area contributed by atoms with E-state index in [2.05, 4.69) is 49.2 Å². The number of hydrogen-bond acceptors (Lipinski definition) is 4. The Balaban J connectivity index is 1.85. The molecule has 0 bridgehead atoms. The summed E-state index contributed by atoms with van der Waals surface area (Å²) < 4.78 is 0. The molecule has 2 amide bonds. The van der Waals surface area contributed by atoms with Crippen LogP contribution in [-0.2, 0) is 0 Å². The highest BCUT2D eigenvalue weighted by Gasteiger charge is 2.34. The van der Waals surface area contributed by atoms with Crippen LogP contribution in [0.15, 0.2) is 23.8 Å². The Bertz CT molecular complexity index is 588. The first kappa shape index (κ1) is 25.1. The quantitative estimate of drug-likeness (QED) is 0.512. The predicted octanol–water partition coefficient (Wildman–Crippen LogP) is 4.63. The van der Waals surface area contributed by atoms with Crippen LogP contribution in [0.1, 0.15) is 52.9 Å². The van der Waals surface area contributed by atoms with Crippen molar-refractivity contribution in [2.24, 2.45) is 11.3 Å². The lowest BCUT2D eigenvalue weighted by Crippen LogP contribution is -2.47. The van der Waals surface area contributed by atoms with Crippen LogP contribution in [-0.4, -0.2) is 79.3 Å². The highest BCUT2D eigenvalue weighted by atomic mass is 32.2. The van der Waals surface area contributed by atoms with Gasteiger partial charge in [-0.15, -0.1) is 11.8 Å². The van der Waals surface area contributed by atoms with Gasteiger partial charge in [-0.25, -0.2) is 4.79 Å². The zero-order chi connectivity index (χ0) is 22.1. The first-order valence-electron chi connectivity index (χ1n) is 11.6. The van der Waals surface area contributed by atoms with E-state index in [0.717, 1.165) is 68.0 Å². The first-order valence-corrected chi connectivity index (χ1v) is 12.6. The van der Waals surface area contributed by atoms with Gasteiger partial charge in [-0.2, -0.15) is 0 Å². The van der Waals surface area contributed by atoms with Gasteiger partial charge in [0.25, 0.3) is 0 Å². The summed E-state index contributed by atoms with van der Waals surface area (Å²) in [6.45, 7) is 21.1. The van der Waals surface area contributed by atoms with Crippen LogP contribution < -0.4 is 5.32 Å². The molecule has 1 heterocycles. The Morgan fingerprint density at radius 3 is 2.53 bits per heavy atom. The molecule has 1 aliphatic carbocycles. The van der Waals surface area contributed by atoms with Crippen LogP contribution >= 0.6 is 11.8 Å². The maximum atomic E-state index is 13.0. The Morgan fingerprint density at radius 2 is 1.93 bits per heavy atom. The van der Waals surface area contributed by atoms with Crippen molar-refractivity contribution in [1.82, 2.24) is 20.0 Å². The van der Waals surface area contributed by atoms with Crippen LogP contribution in [0.4, 0.5) is 4.79 Å². The fourth-order valence-electron chi connectivity index (χ4n) is 4.60. The molecule has 1 aliphatic heterocycles. The van der Waals surface area contributed by atoms with Crippen molar-refractivity contribution in [1.29, 1.82) is 0 Å². The maximum absolute atomic E-state index is 13.0. The Labute approximate surface area is 189 Å². The lowest BCUT2D eigenvalue weighted by atomic mass is 9.83. The number of carbonyl (C=O) groups is 1. The molecular weight excluding hydrogens is 392 g/mol. The molecule has 1 N–H and O–H groups in total. The molecule has 2 unspecified atom stereocenters. The molecule has 0 aromatic rings. The summed E-state index contributed by atoms with van der Waals surface area (Å²) in [7, 11) is 2.15. The molecule has 30 heavy (non-hydrogen) atoms. The summed E-state index contributed by atoms with van der Waals surface area (Å²) in [4.78, 5) is 20.7. The van der Waals surface area contributed by atoms with Crippen molar-refractivity contribution in [2.75, 3.05) is 58.6 Å². The number of rotatable bonds is 11. The highest BCUT2D eigenvalue weighted by Crippen LogP contribution is 2.45. The minimum absolute atomic E-state index is 0.0428. The number of amides is 2. The van der Waals surface area contributed by atoms with Gasteiger partial charge in [-0.3, -0.25) is 0 Å². The topological polar surface area (TPSA) is 38.8 Å². The van der Waals surface area contributed by atoms with Crippen LogP contribution in [0.25, 0.3) is 0 Å². The molecule has 0 radical (unpaired) electrons. The number of nitrogens with zero attached hydrogens (tertiary/aromatic N) is 3. The molecule has 2 atom stereocenters. The van der Waals surface area contributed by atoms with Gasteiger partial charge in [-0.05, 0) is 55.9 Å². The van der Waals surface area contributed by atoms with E-state index < -0.39 is 0 Å². The van der Waals surface area contributed by atoms with Gasteiger partial charge >= 0.3 is 6.03 Å². The summed E-state index contributed by atoms with van der Waals surface area (Å²) in [5.41, 5.74) is 1.39. The third-order valence-electron chi connectivity index (χ3n) is 6.89. The van der Waals surface area contributed by atoms with E-state index in [1.54, 1.807) is 11.8 Å². The second kappa shape index (κ2) is 12.0. The molecule has 1 saturated heterocycles. The zero-order valence-corrected chi connectivity index (χ0v) is 20.7. The van der Waals surface area contributed by atoms with Crippen molar-refractivity contribution in [2.45, 2.75) is 52.9 Å². The van der Waals surface area contributed by atoms with Crippen LogP contribution in [0.2, 0.25) is 0 Å². The Hall–Kier alpha value is -1.14. The standard InChI is InChI=1S/C24H44N4OS/c1-7-22-8-9-24(5,18-22)10-11-28(16-17-30-20(2)3)23(29)25-19-21(4)27-14-12-26(6)13-15-27/h22H,2,4,7-19H2,1,3,5-6H3,(H,25,29). The third-order valence-corrected chi connectivity index (χ3v) is 7.77. The van der Waals surface area contributed by atoms with E-state index in [9.17, 15) is 4.79 Å². The van der Waals surface area contributed by atoms with Gasteiger partial charge in [0.1, 0.15) is 0 Å². The van der Waals surface area contributed by atoms with Gasteiger partial charge in [0.15, 0.2) is 0 Å². The zero-order valence-electron chi connectivity index (χ0n) is 19.8. The lowest BCUT2D eigenvalue weighted by molar-refractivity contribution is 0.176. The largest absolute Gasteiger partial charge is 0.371 e. The summed E-state index contributed by atoms with van der Waals surface area (Å²) in [5, 5.41) is 3.14. The van der Waals surface area contributed by atoms with Gasteiger partial charge in [0, 0.05) is 50.7 Å². The Morgan fingerprint density at radius 1 is 1.23 bits per heavy atom. The number of hydrogen-bond donors (Lipinski definition) is 1. The van der Waals surface area contributed by atoms with Crippen LogP contribution in [0.3, 0.4) is 0 Å². The number of nitrogens with one attached hydrogen (secondary N) is 1. The van der Waals surface area contributed by atoms with E-state index in [1.807, 2.05) is 11.8 Å². The van der Waals surface area contributed by atoms with Crippen LogP contribution in [0.5, 0.6) is 0 Å². The van der Waals surface area contributed by atoms with E-state index in [4.69, 9.17) is 0 Å². The Kier molecular flexibility index (Phi) is 10.1. The van der Waals surface area contributed by atoms with Crippen molar-refractivity contribution in [3.05, 3.63) is 23.8 Å². The van der Waals surface area contributed by atoms with Gasteiger partial charge < -0.3 is 20.0 Å². The van der Waals surface area contributed by atoms with Gasteiger partial charge in [0.2, 0.25) is 0 Å². The van der Waals surface area contributed by atoms with Crippen LogP contribution in [0, 0.1) is 11.3 Å². The van der Waals surface area contributed by atoms with E-state index in [0.29, 0.717) is 12.0 Å². The van der Waals surface area contributed by atoms with E-state index in [1.165, 1.54) is 25.7 Å². The molecule has 0 aromatic carbocycles. The molecular formula is C24H44N4OS. The molecule has 6 heteroatoms. The molecule has 0 aromatic heterocycles. The van der Waals surface area contributed by atoms with E-state index in [-0.39, 0.29) is 6.03 Å². The number of likely N-dealkylation sites (N-methyl/N-ethyl adjacent to an activating group) is 1. The number of urea groups is 1. The van der Waals surface area contributed by atoms with Crippen molar-refractivity contribution >= 4 is 17.8 Å². The lowest BCUT2D eigenvalue weighted by Gasteiger charge is -2.35. The molecule has 5 nitrogen and oxygen atoms in total. The monoisotopic (exact) mass is 436 g/mol. The smallest absolute Gasteiger partial charge is 0.317 e. The average Bonchev–Trinajstić information content (AvgIpc) is 3.10. The predicted molar refractivity (Wildman–Crippen MR) is 131 cm³/mol. The minimum Gasteiger partial charge on any atom is -0.371 e. The first-order chi connectivity index (χ1) is 14.2. The van der Waals surface area contributed by atoms with Crippen molar-refractivity contribution in [3.8, 4) is 0 Å². The normalized spacial score (nSPS) is 24.7. The SMILES string of the molecule is C=C(C)SCCN(CCC1(C)CCC(CC)C1)C(=O)NCC(=C)N1CCN(C)CC1. The summed E-state index contributed by atoms with van der Waals surface area (Å²) in [5.74, 6) is 1.76. The van der Waals surface area contributed by atoms with Gasteiger partial charge in [-0.1, -0.05) is 33.4 Å². The number of thioether (sulfide) groups is 1. The molecule has 0 spiro atoms. The number of piperazine rings is 1. The fourth-order valence-corrected chi connectivity index (χ4v) is 5.26. The summed E-state index contributed by atoms with van der Waals surface area (Å²) in [6.07, 6.45) is 6.31. The molecule has 2 fully saturated rings. The van der Waals surface area contributed by atoms with Gasteiger partial charge in [0.05, 0.1) is 6.54 Å².